The molecule has 0 spiro atoms. The molecule has 2 N–H and O–H groups in total. The number of aliphatic hydroxyl groups excluding tert-OH is 1. The number of benzene rings is 1. The lowest BCUT2D eigenvalue weighted by atomic mass is 10.1. The summed E-state index contributed by atoms with van der Waals surface area (Å²) in [6.45, 7) is 3.73. The molecule has 4 nitrogen and oxygen atoms in total. The average molecular weight is 317 g/mol. The third kappa shape index (κ3) is 4.48. The Morgan fingerprint density at radius 1 is 1.35 bits per heavy atom. The van der Waals surface area contributed by atoms with Crippen LogP contribution in [0.1, 0.15) is 31.4 Å². The number of hydrogen-bond donors (Lipinski definition) is 2. The Labute approximate surface area is 126 Å². The van der Waals surface area contributed by atoms with Crippen molar-refractivity contribution in [3.8, 4) is 0 Å². The normalized spacial score (nSPS) is 13.4. The van der Waals surface area contributed by atoms with Crippen molar-refractivity contribution in [1.29, 1.82) is 0 Å². The van der Waals surface area contributed by atoms with E-state index < -0.39 is 10.0 Å². The summed E-state index contributed by atoms with van der Waals surface area (Å²) in [6.07, 6.45) is 3.35. The van der Waals surface area contributed by atoms with Crippen LogP contribution >= 0.6 is 11.8 Å². The minimum Gasteiger partial charge on any atom is -0.392 e. The highest BCUT2D eigenvalue weighted by molar-refractivity contribution is 7.98. The van der Waals surface area contributed by atoms with Crippen LogP contribution in [0.5, 0.6) is 0 Å². The second-order valence-corrected chi connectivity index (χ2v) is 7.23. The van der Waals surface area contributed by atoms with Crippen LogP contribution < -0.4 is 4.72 Å². The molecule has 0 amide bonds. The largest absolute Gasteiger partial charge is 0.392 e. The van der Waals surface area contributed by atoms with Gasteiger partial charge in [0.1, 0.15) is 0 Å². The second kappa shape index (κ2) is 8.02. The summed E-state index contributed by atoms with van der Waals surface area (Å²) in [7, 11) is -3.54. The molecule has 0 saturated carbocycles. The van der Waals surface area contributed by atoms with Crippen molar-refractivity contribution in [2.24, 2.45) is 0 Å². The summed E-state index contributed by atoms with van der Waals surface area (Å²) in [4.78, 5) is 0.283. The molecule has 1 aromatic carbocycles. The smallest absolute Gasteiger partial charge is 0.241 e. The lowest BCUT2D eigenvalue weighted by molar-refractivity contribution is 0.281. The zero-order valence-electron chi connectivity index (χ0n) is 12.2. The van der Waals surface area contributed by atoms with Crippen LogP contribution in [0, 0.1) is 0 Å². The van der Waals surface area contributed by atoms with Gasteiger partial charge in [0.05, 0.1) is 11.5 Å². The number of thioether (sulfide) groups is 1. The second-order valence-electron chi connectivity index (χ2n) is 4.64. The van der Waals surface area contributed by atoms with Gasteiger partial charge in [0.25, 0.3) is 0 Å². The molecular weight excluding hydrogens is 294 g/mol. The quantitative estimate of drug-likeness (QED) is 0.771. The summed E-state index contributed by atoms with van der Waals surface area (Å²) in [5.41, 5.74) is 1.38. The Morgan fingerprint density at radius 3 is 2.55 bits per heavy atom. The predicted octanol–water partition coefficient (Wildman–Crippen LogP) is 2.16. The van der Waals surface area contributed by atoms with Gasteiger partial charge in [-0.1, -0.05) is 26.0 Å². The maximum atomic E-state index is 12.5. The van der Waals surface area contributed by atoms with Crippen LogP contribution in [0.2, 0.25) is 0 Å². The van der Waals surface area contributed by atoms with Gasteiger partial charge in [-0.3, -0.25) is 0 Å². The molecule has 0 aliphatic heterocycles. The van der Waals surface area contributed by atoms with E-state index in [4.69, 9.17) is 0 Å². The number of nitrogens with one attached hydrogen (secondary N) is 1. The molecule has 1 atom stereocenters. The third-order valence-corrected chi connectivity index (χ3v) is 5.51. The third-order valence-electron chi connectivity index (χ3n) is 3.17. The minimum atomic E-state index is -3.54. The van der Waals surface area contributed by atoms with E-state index in [1.165, 1.54) is 0 Å². The van der Waals surface area contributed by atoms with Gasteiger partial charge in [-0.05, 0) is 36.3 Å². The predicted molar refractivity (Wildman–Crippen MR) is 84.5 cm³/mol. The van der Waals surface area contributed by atoms with Gasteiger partial charge in [-0.25, -0.2) is 13.1 Å². The van der Waals surface area contributed by atoms with Crippen molar-refractivity contribution in [3.05, 3.63) is 29.3 Å². The fourth-order valence-electron chi connectivity index (χ4n) is 1.96. The lowest BCUT2D eigenvalue weighted by Gasteiger charge is -2.18. The molecule has 0 aliphatic carbocycles. The van der Waals surface area contributed by atoms with Crippen molar-refractivity contribution < 1.29 is 13.5 Å². The molecule has 1 unspecified atom stereocenters. The summed E-state index contributed by atoms with van der Waals surface area (Å²) < 4.78 is 27.8. The topological polar surface area (TPSA) is 66.4 Å². The maximum Gasteiger partial charge on any atom is 0.241 e. The van der Waals surface area contributed by atoms with Crippen molar-refractivity contribution in [3.63, 3.8) is 0 Å². The van der Waals surface area contributed by atoms with Crippen LogP contribution in [-0.4, -0.2) is 31.6 Å². The molecular formula is C14H23NO3S2. The Morgan fingerprint density at radius 2 is 2.05 bits per heavy atom. The van der Waals surface area contributed by atoms with Crippen molar-refractivity contribution in [2.75, 3.05) is 12.0 Å². The Bertz CT molecular complexity index is 529. The first-order chi connectivity index (χ1) is 9.48. The van der Waals surface area contributed by atoms with E-state index in [1.807, 2.05) is 20.1 Å². The molecule has 0 heterocycles. The number of aliphatic hydroxyl groups is 1. The van der Waals surface area contributed by atoms with E-state index >= 15 is 0 Å². The Hall–Kier alpha value is -0.560. The van der Waals surface area contributed by atoms with E-state index in [2.05, 4.69) is 4.72 Å². The van der Waals surface area contributed by atoms with Crippen molar-refractivity contribution in [2.45, 2.75) is 44.2 Å². The van der Waals surface area contributed by atoms with Gasteiger partial charge in [-0.15, -0.1) is 0 Å². The van der Waals surface area contributed by atoms with Gasteiger partial charge in [0.15, 0.2) is 0 Å². The number of sulfonamides is 1. The Kier molecular flexibility index (Phi) is 7.02. The highest BCUT2D eigenvalue weighted by Gasteiger charge is 2.21. The average Bonchev–Trinajstić information content (AvgIpc) is 2.45. The summed E-state index contributed by atoms with van der Waals surface area (Å²) in [6, 6.07) is 5.03. The van der Waals surface area contributed by atoms with E-state index in [0.29, 0.717) is 12.0 Å². The number of rotatable bonds is 8. The minimum absolute atomic E-state index is 0.0718. The first-order valence-corrected chi connectivity index (χ1v) is 9.60. The van der Waals surface area contributed by atoms with Crippen LogP contribution in [-0.2, 0) is 23.1 Å². The molecule has 0 aromatic heterocycles. The first kappa shape index (κ1) is 17.5. The van der Waals surface area contributed by atoms with E-state index in [0.717, 1.165) is 17.7 Å². The molecule has 114 valence electrons. The molecule has 6 heteroatoms. The highest BCUT2D eigenvalue weighted by atomic mass is 32.2. The SMILES string of the molecule is CCc1ccc(CO)cc1S(=O)(=O)NC(CC)CSC. The number of aryl methyl sites for hydroxylation is 1. The van der Waals surface area contributed by atoms with E-state index in [9.17, 15) is 13.5 Å². The molecule has 20 heavy (non-hydrogen) atoms. The zero-order chi connectivity index (χ0) is 15.2. The highest BCUT2D eigenvalue weighted by Crippen LogP contribution is 2.19. The first-order valence-electron chi connectivity index (χ1n) is 6.72. The summed E-state index contributed by atoms with van der Waals surface area (Å²) in [5, 5.41) is 9.19. The molecule has 0 saturated heterocycles. The molecule has 0 radical (unpaired) electrons. The maximum absolute atomic E-state index is 12.5. The van der Waals surface area contributed by atoms with Crippen LogP contribution in [0.25, 0.3) is 0 Å². The van der Waals surface area contributed by atoms with Crippen molar-refractivity contribution >= 4 is 21.8 Å². The number of hydrogen-bond acceptors (Lipinski definition) is 4. The van der Waals surface area contributed by atoms with Gasteiger partial charge in [0.2, 0.25) is 10.0 Å². The van der Waals surface area contributed by atoms with E-state index in [1.54, 1.807) is 30.0 Å². The van der Waals surface area contributed by atoms with Crippen molar-refractivity contribution in [1.82, 2.24) is 4.72 Å². The van der Waals surface area contributed by atoms with Gasteiger partial charge in [0, 0.05) is 11.8 Å². The molecule has 1 rings (SSSR count). The molecule has 0 bridgehead atoms. The summed E-state index contributed by atoms with van der Waals surface area (Å²) in [5.74, 6) is 0.747. The van der Waals surface area contributed by atoms with Gasteiger partial charge in [-0.2, -0.15) is 11.8 Å². The molecule has 0 fully saturated rings. The van der Waals surface area contributed by atoms with Crippen LogP contribution in [0.4, 0.5) is 0 Å². The Balaban J connectivity index is 3.13. The van der Waals surface area contributed by atoms with Gasteiger partial charge < -0.3 is 5.11 Å². The summed E-state index contributed by atoms with van der Waals surface area (Å²) >= 11 is 1.62. The zero-order valence-corrected chi connectivity index (χ0v) is 13.9. The fraction of sp³-hybridized carbons (Fsp3) is 0.571. The monoisotopic (exact) mass is 317 g/mol. The lowest BCUT2D eigenvalue weighted by Crippen LogP contribution is -2.36. The fourth-order valence-corrected chi connectivity index (χ4v) is 4.47. The molecule has 1 aromatic rings. The van der Waals surface area contributed by atoms with E-state index in [-0.39, 0.29) is 17.5 Å². The van der Waals surface area contributed by atoms with Crippen LogP contribution in [0.3, 0.4) is 0 Å². The van der Waals surface area contributed by atoms with Crippen LogP contribution in [0.15, 0.2) is 23.1 Å². The molecule has 0 aliphatic rings. The van der Waals surface area contributed by atoms with Gasteiger partial charge >= 0.3 is 0 Å². The standard InChI is InChI=1S/C14H23NO3S2/c1-4-12-7-6-11(9-16)8-14(12)20(17,18)15-13(5-2)10-19-3/h6-8,13,15-16H,4-5,9-10H2,1-3H3.